The summed E-state index contributed by atoms with van der Waals surface area (Å²) in [4.78, 5) is 12.0. The summed E-state index contributed by atoms with van der Waals surface area (Å²) in [6.45, 7) is 0.689. The van der Waals surface area contributed by atoms with Crippen LogP contribution in [-0.2, 0) is 11.2 Å². The van der Waals surface area contributed by atoms with Crippen molar-refractivity contribution in [2.45, 2.75) is 38.1 Å². The quantitative estimate of drug-likeness (QED) is 0.891. The van der Waals surface area contributed by atoms with Crippen LogP contribution < -0.4 is 11.1 Å². The van der Waals surface area contributed by atoms with Crippen molar-refractivity contribution in [1.82, 2.24) is 5.32 Å². The number of carbonyl (C=O) groups is 1. The average molecular weight is 296 g/mol. The number of carbonyl (C=O) groups excluding carboxylic acids is 1. The summed E-state index contributed by atoms with van der Waals surface area (Å²) in [5.74, 6) is 0.514. The lowest BCUT2D eigenvalue weighted by molar-refractivity contribution is -0.122. The van der Waals surface area contributed by atoms with E-state index in [0.717, 1.165) is 25.7 Å². The van der Waals surface area contributed by atoms with E-state index in [2.05, 4.69) is 47.8 Å². The van der Waals surface area contributed by atoms with Crippen LogP contribution in [0.1, 0.15) is 31.2 Å². The lowest BCUT2D eigenvalue weighted by atomic mass is 9.99. The van der Waals surface area contributed by atoms with Crippen LogP contribution in [0.3, 0.4) is 0 Å². The predicted molar refractivity (Wildman–Crippen MR) is 90.6 cm³/mol. The van der Waals surface area contributed by atoms with Gasteiger partial charge in [0.25, 0.3) is 0 Å². The topological polar surface area (TPSA) is 55.1 Å². The van der Waals surface area contributed by atoms with Gasteiger partial charge in [-0.15, -0.1) is 0 Å². The Hall–Kier alpha value is -1.87. The lowest BCUT2D eigenvalue weighted by Crippen LogP contribution is -2.32. The Bertz CT molecular complexity index is 647. The molecule has 0 aromatic heterocycles. The van der Waals surface area contributed by atoms with Gasteiger partial charge in [0.05, 0.1) is 0 Å². The maximum absolute atomic E-state index is 12.0. The van der Waals surface area contributed by atoms with Crippen LogP contribution >= 0.6 is 0 Å². The number of nitrogens with two attached hydrogens (primary N) is 1. The van der Waals surface area contributed by atoms with Gasteiger partial charge in [-0.3, -0.25) is 4.79 Å². The summed E-state index contributed by atoms with van der Waals surface area (Å²) in [5.41, 5.74) is 7.32. The van der Waals surface area contributed by atoms with E-state index in [0.29, 0.717) is 18.9 Å². The maximum atomic E-state index is 12.0. The minimum absolute atomic E-state index is 0.141. The second kappa shape index (κ2) is 6.93. The van der Waals surface area contributed by atoms with Crippen molar-refractivity contribution in [2.75, 3.05) is 6.54 Å². The molecule has 0 heterocycles. The van der Waals surface area contributed by atoms with E-state index in [9.17, 15) is 4.79 Å². The van der Waals surface area contributed by atoms with Gasteiger partial charge in [-0.1, -0.05) is 48.9 Å². The fraction of sp³-hybridized carbons (Fsp3) is 0.421. The van der Waals surface area contributed by atoms with E-state index in [1.807, 2.05) is 0 Å². The Kier molecular flexibility index (Phi) is 4.74. The molecule has 1 aliphatic rings. The third-order valence-electron chi connectivity index (χ3n) is 4.76. The highest BCUT2D eigenvalue weighted by molar-refractivity contribution is 5.85. The van der Waals surface area contributed by atoms with Gasteiger partial charge in [-0.25, -0.2) is 0 Å². The third-order valence-corrected chi connectivity index (χ3v) is 4.76. The standard InChI is InChI=1S/C19H24N2O/c20-18-10-4-8-16(18)13-19(22)21-12-11-15-7-3-6-14-5-1-2-9-17(14)15/h1-3,5-7,9,16,18H,4,8,10-13,20H2,(H,21,22)/t16-,18+/m0/s1. The van der Waals surface area contributed by atoms with Crippen molar-refractivity contribution < 1.29 is 4.79 Å². The van der Waals surface area contributed by atoms with E-state index < -0.39 is 0 Å². The first-order valence-electron chi connectivity index (χ1n) is 8.23. The molecule has 22 heavy (non-hydrogen) atoms. The molecule has 0 saturated heterocycles. The van der Waals surface area contributed by atoms with E-state index in [4.69, 9.17) is 5.73 Å². The van der Waals surface area contributed by atoms with Crippen LogP contribution in [0.5, 0.6) is 0 Å². The van der Waals surface area contributed by atoms with E-state index in [1.54, 1.807) is 0 Å². The van der Waals surface area contributed by atoms with E-state index in [-0.39, 0.29) is 11.9 Å². The van der Waals surface area contributed by atoms with Gasteiger partial charge in [0.1, 0.15) is 0 Å². The molecule has 0 spiro atoms. The molecule has 0 unspecified atom stereocenters. The fourth-order valence-corrected chi connectivity index (χ4v) is 3.48. The number of benzene rings is 2. The van der Waals surface area contributed by atoms with E-state index >= 15 is 0 Å². The zero-order valence-electron chi connectivity index (χ0n) is 12.9. The second-order valence-electron chi connectivity index (χ2n) is 6.30. The van der Waals surface area contributed by atoms with Crippen molar-refractivity contribution in [3.63, 3.8) is 0 Å². The summed E-state index contributed by atoms with van der Waals surface area (Å²) in [6.07, 6.45) is 4.77. The minimum Gasteiger partial charge on any atom is -0.356 e. The van der Waals surface area contributed by atoms with Crippen LogP contribution in [0.4, 0.5) is 0 Å². The highest BCUT2D eigenvalue weighted by Crippen LogP contribution is 2.26. The Morgan fingerprint density at radius 1 is 1.14 bits per heavy atom. The summed E-state index contributed by atoms with van der Waals surface area (Å²) >= 11 is 0. The minimum atomic E-state index is 0.141. The lowest BCUT2D eigenvalue weighted by Gasteiger charge is -2.15. The summed E-state index contributed by atoms with van der Waals surface area (Å²) in [6, 6.07) is 14.9. The molecule has 2 aromatic rings. The molecule has 3 nitrogen and oxygen atoms in total. The maximum Gasteiger partial charge on any atom is 0.220 e. The molecule has 1 fully saturated rings. The predicted octanol–water partition coefficient (Wildman–Crippen LogP) is 3.02. The van der Waals surface area contributed by atoms with E-state index in [1.165, 1.54) is 16.3 Å². The van der Waals surface area contributed by atoms with Gasteiger partial charge in [-0.05, 0) is 41.5 Å². The molecule has 116 valence electrons. The van der Waals surface area contributed by atoms with Gasteiger partial charge in [0.2, 0.25) is 5.91 Å². The number of rotatable bonds is 5. The van der Waals surface area contributed by atoms with Crippen LogP contribution in [-0.4, -0.2) is 18.5 Å². The average Bonchev–Trinajstić information content (AvgIpc) is 2.93. The molecular formula is C19H24N2O. The van der Waals surface area contributed by atoms with Gasteiger partial charge < -0.3 is 11.1 Å². The zero-order valence-corrected chi connectivity index (χ0v) is 12.9. The molecule has 2 atom stereocenters. The molecule has 0 bridgehead atoms. The van der Waals surface area contributed by atoms with Crippen LogP contribution in [0.15, 0.2) is 42.5 Å². The summed E-state index contributed by atoms with van der Waals surface area (Å²) < 4.78 is 0. The number of fused-ring (bicyclic) bond motifs is 1. The molecule has 3 rings (SSSR count). The highest BCUT2D eigenvalue weighted by Gasteiger charge is 2.25. The molecule has 3 heteroatoms. The van der Waals surface area contributed by atoms with Crippen LogP contribution in [0, 0.1) is 5.92 Å². The first-order chi connectivity index (χ1) is 10.7. The highest BCUT2D eigenvalue weighted by atomic mass is 16.1. The van der Waals surface area contributed by atoms with Crippen LogP contribution in [0.25, 0.3) is 10.8 Å². The number of hydrogen-bond acceptors (Lipinski definition) is 2. The molecule has 3 N–H and O–H groups in total. The Morgan fingerprint density at radius 3 is 2.77 bits per heavy atom. The normalized spacial score (nSPS) is 21.1. The van der Waals surface area contributed by atoms with Crippen molar-refractivity contribution in [2.24, 2.45) is 11.7 Å². The molecule has 1 amide bonds. The molecule has 0 aliphatic heterocycles. The molecule has 2 aromatic carbocycles. The van der Waals surface area contributed by atoms with Gasteiger partial charge in [0, 0.05) is 19.0 Å². The Balaban J connectivity index is 1.53. The SMILES string of the molecule is N[C@@H]1CCC[C@H]1CC(=O)NCCc1cccc2ccccc12. The largest absolute Gasteiger partial charge is 0.356 e. The fourth-order valence-electron chi connectivity index (χ4n) is 3.48. The van der Waals surface area contributed by atoms with Gasteiger partial charge in [0.15, 0.2) is 0 Å². The monoisotopic (exact) mass is 296 g/mol. The molecular weight excluding hydrogens is 272 g/mol. The molecule has 1 aliphatic carbocycles. The molecule has 1 saturated carbocycles. The smallest absolute Gasteiger partial charge is 0.220 e. The van der Waals surface area contributed by atoms with Crippen molar-refractivity contribution >= 4 is 16.7 Å². The first kappa shape index (κ1) is 15.0. The Labute approximate surface area is 131 Å². The van der Waals surface area contributed by atoms with Gasteiger partial charge >= 0.3 is 0 Å². The van der Waals surface area contributed by atoms with Crippen molar-refractivity contribution in [1.29, 1.82) is 0 Å². The first-order valence-corrected chi connectivity index (χ1v) is 8.23. The number of nitrogens with one attached hydrogen (secondary N) is 1. The van der Waals surface area contributed by atoms with Crippen molar-refractivity contribution in [3.05, 3.63) is 48.0 Å². The Morgan fingerprint density at radius 2 is 1.95 bits per heavy atom. The third kappa shape index (κ3) is 3.47. The number of hydrogen-bond donors (Lipinski definition) is 2. The zero-order chi connectivity index (χ0) is 15.4. The molecule has 0 radical (unpaired) electrons. The van der Waals surface area contributed by atoms with Gasteiger partial charge in [-0.2, -0.15) is 0 Å². The van der Waals surface area contributed by atoms with Crippen molar-refractivity contribution in [3.8, 4) is 0 Å². The number of amides is 1. The second-order valence-corrected chi connectivity index (χ2v) is 6.30. The van der Waals surface area contributed by atoms with Crippen LogP contribution in [0.2, 0.25) is 0 Å². The summed E-state index contributed by atoms with van der Waals surface area (Å²) in [7, 11) is 0. The summed E-state index contributed by atoms with van der Waals surface area (Å²) in [5, 5.41) is 5.58.